The monoisotopic (exact) mass is 639 g/mol. The normalized spacial score (nSPS) is 12.1. The van der Waals surface area contributed by atoms with Crippen molar-refractivity contribution in [3.63, 3.8) is 0 Å². The highest BCUT2D eigenvalue weighted by Gasteiger charge is 2.31. The van der Waals surface area contributed by atoms with Gasteiger partial charge in [0.15, 0.2) is 17.6 Å². The van der Waals surface area contributed by atoms with Crippen molar-refractivity contribution >= 4 is 23.3 Å². The summed E-state index contributed by atoms with van der Waals surface area (Å²) in [5, 5.41) is 8.17. The molecule has 0 aliphatic heterocycles. The number of alkyl halides is 3. The summed E-state index contributed by atoms with van der Waals surface area (Å²) in [5.41, 5.74) is -0.659. The minimum Gasteiger partial charge on any atom is -0.493 e. The Bertz CT molecular complexity index is 1700. The highest BCUT2D eigenvalue weighted by atomic mass is 19.4. The number of amides is 3. The average Bonchev–Trinajstić information content (AvgIpc) is 2.99. The molecule has 4 aromatic rings. The van der Waals surface area contributed by atoms with Crippen LogP contribution in [0.2, 0.25) is 0 Å². The number of hydrogen-bond acceptors (Lipinski definition) is 5. The molecule has 0 heterocycles. The second kappa shape index (κ2) is 13.8. The second-order valence-corrected chi connectivity index (χ2v) is 11.2. The summed E-state index contributed by atoms with van der Waals surface area (Å²) in [4.78, 5) is 26.3. The van der Waals surface area contributed by atoms with Crippen molar-refractivity contribution in [3.8, 4) is 17.2 Å². The van der Waals surface area contributed by atoms with Crippen LogP contribution in [-0.4, -0.2) is 31.7 Å². The maximum atomic E-state index is 15.0. The molecule has 46 heavy (non-hydrogen) atoms. The molecule has 0 aliphatic carbocycles. The zero-order valence-corrected chi connectivity index (χ0v) is 25.7. The van der Waals surface area contributed by atoms with Crippen LogP contribution >= 0.6 is 0 Å². The van der Waals surface area contributed by atoms with Gasteiger partial charge in [-0.25, -0.2) is 9.18 Å². The molecule has 4 rings (SSSR count). The summed E-state index contributed by atoms with van der Waals surface area (Å²) >= 11 is 0. The first-order valence-corrected chi connectivity index (χ1v) is 14.0. The summed E-state index contributed by atoms with van der Waals surface area (Å²) in [6, 6.07) is 18.3. The quantitative estimate of drug-likeness (QED) is 0.161. The molecule has 4 aromatic carbocycles. The van der Waals surface area contributed by atoms with Gasteiger partial charge in [-0.15, -0.1) is 0 Å². The number of methoxy groups -OCH3 is 2. The number of urea groups is 1. The fourth-order valence-electron chi connectivity index (χ4n) is 4.48. The highest BCUT2D eigenvalue weighted by Crippen LogP contribution is 2.36. The Labute approximate surface area is 263 Å². The van der Waals surface area contributed by atoms with Gasteiger partial charge in [0, 0.05) is 28.5 Å². The number of hydrogen-bond donors (Lipinski definition) is 3. The van der Waals surface area contributed by atoms with Crippen LogP contribution in [-0.2, 0) is 6.18 Å². The standard InChI is InChI=1S/C34H33F4N3O5/c1-33(2,3)41-31(42)25-18-22(39-32(43)40-23-15-17-28(44-4)29(19-23)45-5)14-16-27(25)46-30(24-8-6-7-9-26(24)35)20-10-12-21(13-11-20)34(36,37)38/h6-19,30H,1-5H3,(H,41,42)(H2,39,40,43). The van der Waals surface area contributed by atoms with Gasteiger partial charge in [-0.1, -0.05) is 30.3 Å². The van der Waals surface area contributed by atoms with Gasteiger partial charge in [-0.3, -0.25) is 4.79 Å². The Morgan fingerprint density at radius 2 is 1.33 bits per heavy atom. The molecule has 8 nitrogen and oxygen atoms in total. The minimum atomic E-state index is -4.57. The molecule has 12 heteroatoms. The summed E-state index contributed by atoms with van der Waals surface area (Å²) < 4.78 is 71.6. The summed E-state index contributed by atoms with van der Waals surface area (Å²) in [7, 11) is 2.95. The van der Waals surface area contributed by atoms with Crippen LogP contribution in [0.5, 0.6) is 17.2 Å². The smallest absolute Gasteiger partial charge is 0.416 e. The first-order chi connectivity index (χ1) is 21.7. The predicted molar refractivity (Wildman–Crippen MR) is 166 cm³/mol. The van der Waals surface area contributed by atoms with Crippen molar-refractivity contribution < 1.29 is 41.4 Å². The van der Waals surface area contributed by atoms with Gasteiger partial charge >= 0.3 is 12.2 Å². The van der Waals surface area contributed by atoms with E-state index in [-0.39, 0.29) is 28.1 Å². The Morgan fingerprint density at radius 1 is 0.739 bits per heavy atom. The molecule has 3 N–H and O–H groups in total. The first-order valence-electron chi connectivity index (χ1n) is 14.0. The number of carbonyl (C=O) groups is 2. The maximum absolute atomic E-state index is 15.0. The molecule has 0 spiro atoms. The van der Waals surface area contributed by atoms with Gasteiger partial charge in [0.25, 0.3) is 5.91 Å². The number of halogens is 4. The second-order valence-electron chi connectivity index (χ2n) is 11.2. The van der Waals surface area contributed by atoms with Crippen molar-refractivity contribution in [2.45, 2.75) is 38.6 Å². The van der Waals surface area contributed by atoms with E-state index in [0.717, 1.165) is 12.1 Å². The lowest BCUT2D eigenvalue weighted by Gasteiger charge is -2.25. The lowest BCUT2D eigenvalue weighted by Crippen LogP contribution is -2.40. The van der Waals surface area contributed by atoms with Crippen LogP contribution in [0.1, 0.15) is 53.9 Å². The third-order valence-electron chi connectivity index (χ3n) is 6.59. The summed E-state index contributed by atoms with van der Waals surface area (Å²) in [6.07, 6.45) is -5.79. The number of ether oxygens (including phenoxy) is 3. The molecule has 1 atom stereocenters. The Hall–Kier alpha value is -5.26. The van der Waals surface area contributed by atoms with Gasteiger partial charge < -0.3 is 30.2 Å². The molecule has 0 radical (unpaired) electrons. The predicted octanol–water partition coefficient (Wildman–Crippen LogP) is 8.20. The Morgan fingerprint density at radius 3 is 1.89 bits per heavy atom. The van der Waals surface area contributed by atoms with Gasteiger partial charge in [0.1, 0.15) is 11.6 Å². The number of carbonyl (C=O) groups excluding carboxylic acids is 2. The van der Waals surface area contributed by atoms with E-state index in [0.29, 0.717) is 17.2 Å². The van der Waals surface area contributed by atoms with Gasteiger partial charge in [-0.2, -0.15) is 13.2 Å². The van der Waals surface area contributed by atoms with E-state index >= 15 is 4.39 Å². The van der Waals surface area contributed by atoms with Crippen molar-refractivity contribution in [3.05, 3.63) is 113 Å². The third kappa shape index (κ3) is 8.46. The molecule has 0 bridgehead atoms. The highest BCUT2D eigenvalue weighted by molar-refractivity contribution is 6.02. The van der Waals surface area contributed by atoms with Crippen LogP contribution in [0, 0.1) is 5.82 Å². The molecule has 3 amide bonds. The Kier molecular flexibility index (Phi) is 10.1. The first kappa shape index (κ1) is 33.6. The Balaban J connectivity index is 1.69. The third-order valence-corrected chi connectivity index (χ3v) is 6.59. The number of anilines is 2. The fraction of sp³-hybridized carbons (Fsp3) is 0.235. The molecular formula is C34H33F4N3O5. The molecule has 0 saturated heterocycles. The zero-order valence-electron chi connectivity index (χ0n) is 25.7. The van der Waals surface area contributed by atoms with Crippen molar-refractivity contribution in [2.75, 3.05) is 24.9 Å². The molecular weight excluding hydrogens is 606 g/mol. The van der Waals surface area contributed by atoms with Crippen molar-refractivity contribution in [1.82, 2.24) is 5.32 Å². The van der Waals surface area contributed by atoms with Crippen LogP contribution in [0.15, 0.2) is 84.9 Å². The average molecular weight is 640 g/mol. The maximum Gasteiger partial charge on any atom is 0.416 e. The van der Waals surface area contributed by atoms with E-state index in [4.69, 9.17) is 14.2 Å². The van der Waals surface area contributed by atoms with Gasteiger partial charge in [-0.05, 0) is 74.9 Å². The zero-order chi connectivity index (χ0) is 33.6. The van der Waals surface area contributed by atoms with Crippen LogP contribution < -0.4 is 30.2 Å². The number of nitrogens with one attached hydrogen (secondary N) is 3. The summed E-state index contributed by atoms with van der Waals surface area (Å²) in [6.45, 7) is 5.32. The molecule has 0 aliphatic rings. The summed E-state index contributed by atoms with van der Waals surface area (Å²) in [5.74, 6) is -0.339. The molecule has 0 fully saturated rings. The van der Waals surface area contributed by atoms with E-state index in [1.807, 2.05) is 0 Å². The molecule has 0 saturated carbocycles. The van der Waals surface area contributed by atoms with Crippen LogP contribution in [0.3, 0.4) is 0 Å². The van der Waals surface area contributed by atoms with E-state index in [1.165, 1.54) is 62.8 Å². The number of benzene rings is 4. The van der Waals surface area contributed by atoms with Crippen LogP contribution in [0.4, 0.5) is 33.7 Å². The van der Waals surface area contributed by atoms with E-state index < -0.39 is 41.1 Å². The lowest BCUT2D eigenvalue weighted by molar-refractivity contribution is -0.137. The minimum absolute atomic E-state index is 0.000694. The number of rotatable bonds is 9. The van der Waals surface area contributed by atoms with Crippen molar-refractivity contribution in [2.24, 2.45) is 0 Å². The topological polar surface area (TPSA) is 97.9 Å². The van der Waals surface area contributed by atoms with E-state index in [2.05, 4.69) is 16.0 Å². The largest absolute Gasteiger partial charge is 0.493 e. The van der Waals surface area contributed by atoms with Crippen LogP contribution in [0.25, 0.3) is 0 Å². The molecule has 1 unspecified atom stereocenters. The SMILES string of the molecule is COc1ccc(NC(=O)Nc2ccc(OC(c3ccc(C(F)(F)F)cc3)c3ccccc3F)c(C(=O)NC(C)(C)C)c2)cc1OC. The van der Waals surface area contributed by atoms with Gasteiger partial charge in [0.2, 0.25) is 0 Å². The van der Waals surface area contributed by atoms with E-state index in [9.17, 15) is 22.8 Å². The fourth-order valence-corrected chi connectivity index (χ4v) is 4.48. The van der Waals surface area contributed by atoms with Gasteiger partial charge in [0.05, 0.1) is 25.3 Å². The van der Waals surface area contributed by atoms with Crippen molar-refractivity contribution in [1.29, 1.82) is 0 Å². The lowest BCUT2D eigenvalue weighted by atomic mass is 9.99. The van der Waals surface area contributed by atoms with E-state index in [1.54, 1.807) is 45.0 Å². The molecule has 242 valence electrons. The molecule has 0 aromatic heterocycles.